The maximum absolute atomic E-state index is 12.9. The van der Waals surface area contributed by atoms with E-state index in [0.29, 0.717) is 24.2 Å². The lowest BCUT2D eigenvalue weighted by Gasteiger charge is -2.26. The molecule has 0 atom stereocenters. The maximum Gasteiger partial charge on any atom is 0.266 e. The number of piperidine rings is 1. The summed E-state index contributed by atoms with van der Waals surface area (Å²) >= 11 is 0. The summed E-state index contributed by atoms with van der Waals surface area (Å²) in [7, 11) is -3.63. The fourth-order valence-corrected chi connectivity index (χ4v) is 5.02. The quantitative estimate of drug-likeness (QED) is 0.779. The Hall–Kier alpha value is -2.51. The molecular formula is C19H18N2O4S. The molecule has 7 heteroatoms. The van der Waals surface area contributed by atoms with Gasteiger partial charge in [-0.2, -0.15) is 4.31 Å². The van der Waals surface area contributed by atoms with E-state index in [4.69, 9.17) is 0 Å². The Kier molecular flexibility index (Phi) is 4.13. The molecule has 2 heterocycles. The lowest BCUT2D eigenvalue weighted by Crippen LogP contribution is -2.36. The van der Waals surface area contributed by atoms with Crippen molar-refractivity contribution in [3.63, 3.8) is 0 Å². The highest BCUT2D eigenvalue weighted by Gasteiger charge is 2.37. The number of carbonyl (C=O) groups excluding carboxylic acids is 2. The number of rotatable bonds is 3. The summed E-state index contributed by atoms with van der Waals surface area (Å²) < 4.78 is 27.2. The van der Waals surface area contributed by atoms with Gasteiger partial charge in [0.05, 0.1) is 21.7 Å². The zero-order chi connectivity index (χ0) is 18.3. The Morgan fingerprint density at radius 2 is 1.38 bits per heavy atom. The van der Waals surface area contributed by atoms with E-state index in [9.17, 15) is 18.0 Å². The predicted octanol–water partition coefficient (Wildman–Crippen LogP) is 2.66. The van der Waals surface area contributed by atoms with Crippen LogP contribution >= 0.6 is 0 Å². The van der Waals surface area contributed by atoms with Crippen LogP contribution in [0.5, 0.6) is 0 Å². The van der Waals surface area contributed by atoms with Gasteiger partial charge in [-0.3, -0.25) is 9.59 Å². The van der Waals surface area contributed by atoms with Gasteiger partial charge in [-0.25, -0.2) is 13.3 Å². The number of anilines is 1. The van der Waals surface area contributed by atoms with Crippen LogP contribution in [-0.4, -0.2) is 37.6 Å². The van der Waals surface area contributed by atoms with Crippen molar-refractivity contribution in [2.75, 3.05) is 18.0 Å². The topological polar surface area (TPSA) is 74.8 Å². The summed E-state index contributed by atoms with van der Waals surface area (Å²) in [6.07, 6.45) is 2.72. The third-order valence-corrected chi connectivity index (χ3v) is 6.72. The number of hydrogen-bond donors (Lipinski definition) is 0. The summed E-state index contributed by atoms with van der Waals surface area (Å²) in [6.45, 7) is 0.999. The van der Waals surface area contributed by atoms with E-state index in [2.05, 4.69) is 0 Å². The number of benzene rings is 2. The summed E-state index contributed by atoms with van der Waals surface area (Å²) in [6, 6.07) is 12.7. The first-order valence-corrected chi connectivity index (χ1v) is 10.0. The highest BCUT2D eigenvalue weighted by Crippen LogP contribution is 2.30. The Morgan fingerprint density at radius 3 is 2.00 bits per heavy atom. The number of fused-ring (bicyclic) bond motifs is 1. The van der Waals surface area contributed by atoms with E-state index in [-0.39, 0.29) is 10.6 Å². The summed E-state index contributed by atoms with van der Waals surface area (Å²) in [5, 5.41) is 0. The van der Waals surface area contributed by atoms with Gasteiger partial charge < -0.3 is 0 Å². The molecule has 2 aliphatic heterocycles. The first-order valence-electron chi connectivity index (χ1n) is 8.58. The molecule has 0 radical (unpaired) electrons. The average molecular weight is 370 g/mol. The Morgan fingerprint density at radius 1 is 0.769 bits per heavy atom. The maximum atomic E-state index is 12.9. The third kappa shape index (κ3) is 2.64. The molecule has 1 fully saturated rings. The van der Waals surface area contributed by atoms with Gasteiger partial charge in [-0.05, 0) is 43.2 Å². The Balaban J connectivity index is 1.71. The molecule has 0 aromatic heterocycles. The Labute approximate surface area is 152 Å². The van der Waals surface area contributed by atoms with Crippen molar-refractivity contribution in [3.8, 4) is 0 Å². The van der Waals surface area contributed by atoms with Crippen molar-refractivity contribution >= 4 is 27.5 Å². The van der Waals surface area contributed by atoms with Crippen LogP contribution in [-0.2, 0) is 10.0 Å². The third-order valence-electron chi connectivity index (χ3n) is 4.82. The Bertz CT molecular complexity index is 959. The normalized spacial score (nSPS) is 18.2. The van der Waals surface area contributed by atoms with Gasteiger partial charge in [-0.1, -0.05) is 24.6 Å². The van der Waals surface area contributed by atoms with Gasteiger partial charge in [0.15, 0.2) is 0 Å². The number of hydrogen-bond acceptors (Lipinski definition) is 4. The predicted molar refractivity (Wildman–Crippen MR) is 96.6 cm³/mol. The molecule has 26 heavy (non-hydrogen) atoms. The fourth-order valence-electron chi connectivity index (χ4n) is 3.46. The van der Waals surface area contributed by atoms with Gasteiger partial charge in [0.1, 0.15) is 0 Å². The highest BCUT2D eigenvalue weighted by molar-refractivity contribution is 7.89. The van der Waals surface area contributed by atoms with E-state index in [1.807, 2.05) is 0 Å². The lowest BCUT2D eigenvalue weighted by molar-refractivity contribution is 0.0926. The second kappa shape index (κ2) is 6.34. The van der Waals surface area contributed by atoms with E-state index in [0.717, 1.165) is 24.2 Å². The minimum absolute atomic E-state index is 0.105. The monoisotopic (exact) mass is 370 g/mol. The first kappa shape index (κ1) is 16.9. The van der Waals surface area contributed by atoms with Crippen LogP contribution in [0.2, 0.25) is 0 Å². The minimum Gasteiger partial charge on any atom is -0.268 e. The van der Waals surface area contributed by atoms with Crippen molar-refractivity contribution in [1.29, 1.82) is 0 Å². The molecule has 2 aliphatic rings. The zero-order valence-electron chi connectivity index (χ0n) is 14.1. The molecule has 2 aromatic carbocycles. The fraction of sp³-hybridized carbons (Fsp3) is 0.263. The van der Waals surface area contributed by atoms with Crippen LogP contribution in [0.25, 0.3) is 0 Å². The molecule has 134 valence electrons. The van der Waals surface area contributed by atoms with Gasteiger partial charge in [-0.15, -0.1) is 0 Å². The second-order valence-electron chi connectivity index (χ2n) is 6.45. The van der Waals surface area contributed by atoms with E-state index in [1.165, 1.54) is 16.4 Å². The molecule has 0 saturated carbocycles. The lowest BCUT2D eigenvalue weighted by atomic mass is 10.1. The number of amides is 2. The number of imide groups is 1. The second-order valence-corrected chi connectivity index (χ2v) is 8.39. The molecule has 0 N–H and O–H groups in total. The molecule has 0 aliphatic carbocycles. The highest BCUT2D eigenvalue weighted by atomic mass is 32.2. The zero-order valence-corrected chi connectivity index (χ0v) is 14.9. The van der Waals surface area contributed by atoms with E-state index < -0.39 is 21.8 Å². The summed E-state index contributed by atoms with van der Waals surface area (Å²) in [4.78, 5) is 26.4. The smallest absolute Gasteiger partial charge is 0.266 e. The molecule has 2 aromatic rings. The standard InChI is InChI=1S/C19H18N2O4S/c22-18-16-9-2-3-10-17(16)19(23)21(18)14-7-6-8-15(13-14)26(24,25)20-11-4-1-5-12-20/h2-3,6-10,13H,1,4-5,11-12H2. The number of carbonyl (C=O) groups is 2. The van der Waals surface area contributed by atoms with Crippen molar-refractivity contribution in [2.45, 2.75) is 24.2 Å². The van der Waals surface area contributed by atoms with Crippen molar-refractivity contribution in [3.05, 3.63) is 59.7 Å². The largest absolute Gasteiger partial charge is 0.268 e. The molecule has 6 nitrogen and oxygen atoms in total. The van der Waals surface area contributed by atoms with E-state index in [1.54, 1.807) is 36.4 Å². The van der Waals surface area contributed by atoms with Crippen molar-refractivity contribution < 1.29 is 18.0 Å². The van der Waals surface area contributed by atoms with Crippen LogP contribution in [0.3, 0.4) is 0 Å². The van der Waals surface area contributed by atoms with Crippen LogP contribution in [0.4, 0.5) is 5.69 Å². The summed E-state index contributed by atoms with van der Waals surface area (Å²) in [5.74, 6) is -0.865. The van der Waals surface area contributed by atoms with Gasteiger partial charge in [0.2, 0.25) is 10.0 Å². The van der Waals surface area contributed by atoms with Crippen LogP contribution in [0.1, 0.15) is 40.0 Å². The number of nitrogens with zero attached hydrogens (tertiary/aromatic N) is 2. The van der Waals surface area contributed by atoms with Gasteiger partial charge in [0, 0.05) is 13.1 Å². The molecule has 1 saturated heterocycles. The number of sulfonamides is 1. The van der Waals surface area contributed by atoms with Crippen LogP contribution < -0.4 is 4.90 Å². The average Bonchev–Trinajstić information content (AvgIpc) is 2.93. The minimum atomic E-state index is -3.63. The van der Waals surface area contributed by atoms with Crippen molar-refractivity contribution in [2.24, 2.45) is 0 Å². The molecule has 0 bridgehead atoms. The molecule has 2 amide bonds. The molecular weight excluding hydrogens is 352 g/mol. The van der Waals surface area contributed by atoms with Gasteiger partial charge >= 0.3 is 0 Å². The SMILES string of the molecule is O=C1c2ccccc2C(=O)N1c1cccc(S(=O)(=O)N2CCCCC2)c1. The van der Waals surface area contributed by atoms with E-state index >= 15 is 0 Å². The summed E-state index contributed by atoms with van der Waals surface area (Å²) in [5.41, 5.74) is 0.942. The van der Waals surface area contributed by atoms with Crippen LogP contribution in [0.15, 0.2) is 53.4 Å². The van der Waals surface area contributed by atoms with Gasteiger partial charge in [0.25, 0.3) is 11.8 Å². The van der Waals surface area contributed by atoms with Crippen LogP contribution in [0, 0.1) is 0 Å². The first-order chi connectivity index (χ1) is 12.5. The van der Waals surface area contributed by atoms with Crippen molar-refractivity contribution in [1.82, 2.24) is 4.31 Å². The molecule has 0 spiro atoms. The molecule has 4 rings (SSSR count). The molecule has 0 unspecified atom stereocenters.